The van der Waals surface area contributed by atoms with Crippen LogP contribution in [0.25, 0.3) is 0 Å². The molecule has 1 aliphatic heterocycles. The van der Waals surface area contributed by atoms with Crippen LogP contribution in [0.1, 0.15) is 32.8 Å². The number of rotatable bonds is 8. The highest BCUT2D eigenvalue weighted by atomic mass is 32.2. The van der Waals surface area contributed by atoms with Crippen LogP contribution in [-0.4, -0.2) is 24.9 Å². The monoisotopic (exact) mass is 463 g/mol. The molecule has 0 unspecified atom stereocenters. The molecule has 0 saturated heterocycles. The van der Waals surface area contributed by atoms with E-state index in [-0.39, 0.29) is 11.3 Å². The van der Waals surface area contributed by atoms with Crippen molar-refractivity contribution >= 4 is 23.4 Å². The van der Waals surface area contributed by atoms with Crippen molar-refractivity contribution in [3.05, 3.63) is 72.3 Å². The fourth-order valence-electron chi connectivity index (χ4n) is 3.38. The molecule has 0 atom stereocenters. The van der Waals surface area contributed by atoms with Crippen molar-refractivity contribution in [1.82, 2.24) is 0 Å². The van der Waals surface area contributed by atoms with E-state index in [2.05, 4.69) is 38.2 Å². The van der Waals surface area contributed by atoms with E-state index in [4.69, 9.17) is 14.2 Å². The van der Waals surface area contributed by atoms with E-state index in [1.54, 1.807) is 0 Å². The standard InChI is InChI=1S/C27H29NO4S/c1-4-27(2,3)19-5-9-21(10-6-19)32-22-11-7-20(8-12-22)28-26(29)18-33-23-13-14-24-25(17-23)31-16-15-30-24/h5-14,17H,4,15-16,18H2,1-3H3,(H,28,29). The normalized spacial score (nSPS) is 12.8. The lowest BCUT2D eigenvalue weighted by atomic mass is 9.82. The topological polar surface area (TPSA) is 56.8 Å². The minimum absolute atomic E-state index is 0.0716. The molecular formula is C27H29NO4S. The highest BCUT2D eigenvalue weighted by Gasteiger charge is 2.17. The molecule has 4 rings (SSSR count). The summed E-state index contributed by atoms with van der Waals surface area (Å²) in [6.45, 7) is 7.79. The number of ether oxygens (including phenoxy) is 3. The molecular weight excluding hydrogens is 434 g/mol. The van der Waals surface area contributed by atoms with E-state index >= 15 is 0 Å². The van der Waals surface area contributed by atoms with Crippen LogP contribution in [0.15, 0.2) is 71.6 Å². The summed E-state index contributed by atoms with van der Waals surface area (Å²) in [7, 11) is 0. The largest absolute Gasteiger partial charge is 0.486 e. The summed E-state index contributed by atoms with van der Waals surface area (Å²) in [6.07, 6.45) is 1.08. The van der Waals surface area contributed by atoms with Crippen LogP contribution in [0.3, 0.4) is 0 Å². The van der Waals surface area contributed by atoms with Gasteiger partial charge in [0.25, 0.3) is 0 Å². The van der Waals surface area contributed by atoms with Crippen molar-refractivity contribution in [2.75, 3.05) is 24.3 Å². The first-order valence-electron chi connectivity index (χ1n) is 11.1. The average molecular weight is 464 g/mol. The second kappa shape index (κ2) is 10.2. The van der Waals surface area contributed by atoms with E-state index < -0.39 is 0 Å². The van der Waals surface area contributed by atoms with Crippen molar-refractivity contribution in [2.24, 2.45) is 0 Å². The number of thioether (sulfide) groups is 1. The van der Waals surface area contributed by atoms with Gasteiger partial charge in [-0.15, -0.1) is 11.8 Å². The number of amides is 1. The van der Waals surface area contributed by atoms with Crippen LogP contribution in [0.5, 0.6) is 23.0 Å². The number of anilines is 1. The molecule has 0 fully saturated rings. The van der Waals surface area contributed by atoms with Gasteiger partial charge in [0, 0.05) is 10.6 Å². The zero-order chi connectivity index (χ0) is 23.3. The quantitative estimate of drug-likeness (QED) is 0.378. The Morgan fingerprint density at radius 3 is 2.24 bits per heavy atom. The van der Waals surface area contributed by atoms with E-state index in [1.807, 2.05) is 54.6 Å². The lowest BCUT2D eigenvalue weighted by molar-refractivity contribution is -0.113. The van der Waals surface area contributed by atoms with Crippen molar-refractivity contribution < 1.29 is 19.0 Å². The van der Waals surface area contributed by atoms with E-state index in [9.17, 15) is 4.79 Å². The number of fused-ring (bicyclic) bond motifs is 1. The lowest BCUT2D eigenvalue weighted by Gasteiger charge is -2.23. The van der Waals surface area contributed by atoms with Crippen LogP contribution in [0, 0.1) is 0 Å². The van der Waals surface area contributed by atoms with Crippen LogP contribution < -0.4 is 19.5 Å². The number of benzene rings is 3. The number of nitrogens with one attached hydrogen (secondary N) is 1. The van der Waals surface area contributed by atoms with Gasteiger partial charge in [-0.2, -0.15) is 0 Å². The van der Waals surface area contributed by atoms with Gasteiger partial charge in [0.2, 0.25) is 5.91 Å². The second-order valence-corrected chi connectivity index (χ2v) is 9.58. The Kier molecular flexibility index (Phi) is 7.14. The first kappa shape index (κ1) is 23.1. The molecule has 0 saturated carbocycles. The molecule has 172 valence electrons. The Hall–Kier alpha value is -3.12. The van der Waals surface area contributed by atoms with Gasteiger partial charge >= 0.3 is 0 Å². The zero-order valence-electron chi connectivity index (χ0n) is 19.2. The molecule has 1 heterocycles. The molecule has 1 aliphatic rings. The number of hydrogen-bond donors (Lipinski definition) is 1. The predicted octanol–water partition coefficient (Wildman–Crippen LogP) is 6.67. The maximum atomic E-state index is 12.4. The summed E-state index contributed by atoms with van der Waals surface area (Å²) in [5.41, 5.74) is 2.18. The molecule has 0 spiro atoms. The summed E-state index contributed by atoms with van der Waals surface area (Å²) in [6, 6.07) is 21.4. The van der Waals surface area contributed by atoms with Crippen LogP contribution >= 0.6 is 11.8 Å². The summed E-state index contributed by atoms with van der Waals surface area (Å²) < 4.78 is 17.1. The molecule has 3 aromatic carbocycles. The third-order valence-electron chi connectivity index (χ3n) is 5.78. The van der Waals surface area contributed by atoms with Crippen molar-refractivity contribution in [3.8, 4) is 23.0 Å². The molecule has 0 aliphatic carbocycles. The van der Waals surface area contributed by atoms with E-state index in [0.717, 1.165) is 40.0 Å². The average Bonchev–Trinajstić information content (AvgIpc) is 2.84. The zero-order valence-corrected chi connectivity index (χ0v) is 20.0. The Morgan fingerprint density at radius 2 is 1.58 bits per heavy atom. The number of carbonyl (C=O) groups excluding carboxylic acids is 1. The predicted molar refractivity (Wildman–Crippen MR) is 133 cm³/mol. The van der Waals surface area contributed by atoms with Crippen molar-refractivity contribution in [2.45, 2.75) is 37.5 Å². The fraction of sp³-hybridized carbons (Fsp3) is 0.296. The molecule has 0 aromatic heterocycles. The maximum Gasteiger partial charge on any atom is 0.234 e. The summed E-state index contributed by atoms with van der Waals surface area (Å²) >= 11 is 1.46. The van der Waals surface area contributed by atoms with Gasteiger partial charge in [-0.25, -0.2) is 0 Å². The highest BCUT2D eigenvalue weighted by molar-refractivity contribution is 8.00. The third-order valence-corrected chi connectivity index (χ3v) is 6.77. The second-order valence-electron chi connectivity index (χ2n) is 8.53. The van der Waals surface area contributed by atoms with Gasteiger partial charge in [0.1, 0.15) is 24.7 Å². The molecule has 0 radical (unpaired) electrons. The molecule has 0 bridgehead atoms. The minimum Gasteiger partial charge on any atom is -0.486 e. The van der Waals surface area contributed by atoms with Crippen molar-refractivity contribution in [3.63, 3.8) is 0 Å². The van der Waals surface area contributed by atoms with E-state index in [1.165, 1.54) is 17.3 Å². The van der Waals surface area contributed by atoms with Gasteiger partial charge < -0.3 is 19.5 Å². The van der Waals surface area contributed by atoms with Crippen LogP contribution in [-0.2, 0) is 10.2 Å². The van der Waals surface area contributed by atoms with E-state index in [0.29, 0.717) is 19.0 Å². The van der Waals surface area contributed by atoms with Crippen molar-refractivity contribution in [1.29, 1.82) is 0 Å². The summed E-state index contributed by atoms with van der Waals surface area (Å²) in [4.78, 5) is 13.3. The molecule has 33 heavy (non-hydrogen) atoms. The first-order chi connectivity index (χ1) is 15.9. The van der Waals surface area contributed by atoms with Gasteiger partial charge in [-0.05, 0) is 72.0 Å². The Balaban J connectivity index is 1.28. The van der Waals surface area contributed by atoms with Gasteiger partial charge in [-0.3, -0.25) is 4.79 Å². The van der Waals surface area contributed by atoms with Gasteiger partial charge in [0.05, 0.1) is 5.75 Å². The fourth-order valence-corrected chi connectivity index (χ4v) is 4.10. The molecule has 3 aromatic rings. The lowest BCUT2D eigenvalue weighted by Crippen LogP contribution is -2.15. The molecule has 1 amide bonds. The smallest absolute Gasteiger partial charge is 0.234 e. The molecule has 5 nitrogen and oxygen atoms in total. The van der Waals surface area contributed by atoms with Gasteiger partial charge in [0.15, 0.2) is 11.5 Å². The summed E-state index contributed by atoms with van der Waals surface area (Å²) in [5.74, 6) is 3.22. The molecule has 1 N–H and O–H groups in total. The number of hydrogen-bond acceptors (Lipinski definition) is 5. The van der Waals surface area contributed by atoms with Crippen LogP contribution in [0.2, 0.25) is 0 Å². The Bertz CT molecular complexity index is 1090. The highest BCUT2D eigenvalue weighted by Crippen LogP contribution is 2.34. The molecule has 6 heteroatoms. The first-order valence-corrected chi connectivity index (χ1v) is 12.1. The Labute approximate surface area is 199 Å². The Morgan fingerprint density at radius 1 is 0.939 bits per heavy atom. The SMILES string of the molecule is CCC(C)(C)c1ccc(Oc2ccc(NC(=O)CSc3ccc4c(c3)OCCO4)cc2)cc1. The van der Waals surface area contributed by atoms with Crippen LogP contribution in [0.4, 0.5) is 5.69 Å². The summed E-state index contributed by atoms with van der Waals surface area (Å²) in [5, 5.41) is 2.92. The minimum atomic E-state index is -0.0716. The number of carbonyl (C=O) groups is 1. The maximum absolute atomic E-state index is 12.4. The third kappa shape index (κ3) is 6.02. The van der Waals surface area contributed by atoms with Gasteiger partial charge in [-0.1, -0.05) is 32.9 Å².